The third-order valence-electron chi connectivity index (χ3n) is 13.3. The maximum atomic E-state index is 12.9. The van der Waals surface area contributed by atoms with Crippen molar-refractivity contribution in [3.05, 3.63) is 0 Å². The molecule has 0 spiro atoms. The number of hydrogen-bond donors (Lipinski definition) is 2. The second-order valence-electron chi connectivity index (χ2n) is 19.6. The van der Waals surface area contributed by atoms with Gasteiger partial charge >= 0.3 is 11.9 Å². The number of aliphatic hydroxyl groups is 1. The van der Waals surface area contributed by atoms with E-state index in [1.807, 2.05) is 0 Å². The van der Waals surface area contributed by atoms with Crippen molar-refractivity contribution in [3.8, 4) is 0 Å². The maximum absolute atomic E-state index is 12.9. The fourth-order valence-electron chi connectivity index (χ4n) is 9.09. The van der Waals surface area contributed by atoms with Crippen molar-refractivity contribution in [2.75, 3.05) is 52.9 Å². The molecule has 9 heteroatoms. The largest absolute Gasteiger partial charge is 0.466 e. The quantitative estimate of drug-likeness (QED) is 0.0459. The van der Waals surface area contributed by atoms with Gasteiger partial charge in [-0.05, 0) is 110 Å². The third kappa shape index (κ3) is 38.1. The molecule has 63 heavy (non-hydrogen) atoms. The molecule has 1 saturated heterocycles. The Morgan fingerprint density at radius 3 is 1.59 bits per heavy atom. The van der Waals surface area contributed by atoms with Gasteiger partial charge in [0.15, 0.2) is 0 Å². The topological polar surface area (TPSA) is 108 Å². The molecule has 0 saturated carbocycles. The highest BCUT2D eigenvalue weighted by Gasteiger charge is 2.25. The summed E-state index contributed by atoms with van der Waals surface area (Å²) in [4.78, 5) is 42.4. The predicted octanol–water partition coefficient (Wildman–Crippen LogP) is 13.3. The maximum Gasteiger partial charge on any atom is 0.306 e. The van der Waals surface area contributed by atoms with E-state index in [1.54, 1.807) is 0 Å². The van der Waals surface area contributed by atoms with Gasteiger partial charge in [-0.25, -0.2) is 0 Å². The molecule has 0 aromatic heterocycles. The molecule has 1 amide bonds. The summed E-state index contributed by atoms with van der Waals surface area (Å²) in [5.74, 6) is 0.207. The number of hydrogen-bond acceptors (Lipinski definition) is 8. The lowest BCUT2D eigenvalue weighted by molar-refractivity contribution is -0.150. The van der Waals surface area contributed by atoms with Gasteiger partial charge in [-0.2, -0.15) is 0 Å². The lowest BCUT2D eigenvalue weighted by Crippen LogP contribution is -2.34. The molecule has 1 rings (SSSR count). The van der Waals surface area contributed by atoms with Crippen molar-refractivity contribution in [1.82, 2.24) is 15.1 Å². The fourth-order valence-corrected chi connectivity index (χ4v) is 9.09. The predicted molar refractivity (Wildman–Crippen MR) is 265 cm³/mol. The van der Waals surface area contributed by atoms with Gasteiger partial charge in [0.2, 0.25) is 5.91 Å². The molecular formula is C54H105N3O6. The molecule has 1 unspecified atom stereocenters. The van der Waals surface area contributed by atoms with Gasteiger partial charge in [-0.1, -0.05) is 162 Å². The highest BCUT2D eigenvalue weighted by atomic mass is 16.5. The highest BCUT2D eigenvalue weighted by Crippen LogP contribution is 2.19. The Bertz CT molecular complexity index is 1030. The van der Waals surface area contributed by atoms with Gasteiger partial charge in [-0.3, -0.25) is 14.4 Å². The number of amides is 1. The number of aliphatic hydroxyl groups excluding tert-OH is 1. The Labute approximate surface area is 390 Å². The van der Waals surface area contributed by atoms with Crippen LogP contribution in [0.3, 0.4) is 0 Å². The van der Waals surface area contributed by atoms with Crippen LogP contribution in [0.25, 0.3) is 0 Å². The van der Waals surface area contributed by atoms with Crippen molar-refractivity contribution in [2.45, 2.75) is 271 Å². The smallest absolute Gasteiger partial charge is 0.306 e. The molecule has 2 N–H and O–H groups in total. The van der Waals surface area contributed by atoms with Crippen LogP contribution in [0.2, 0.25) is 0 Å². The number of unbranched alkanes of at least 4 members (excludes halogenated alkanes) is 25. The molecule has 1 fully saturated rings. The number of ether oxygens (including phenoxy) is 2. The van der Waals surface area contributed by atoms with Gasteiger partial charge in [0.05, 0.1) is 18.6 Å². The number of carbonyl (C=O) groups is 3. The summed E-state index contributed by atoms with van der Waals surface area (Å²) in [5.41, 5.74) is 0. The van der Waals surface area contributed by atoms with E-state index in [2.05, 4.69) is 42.9 Å². The van der Waals surface area contributed by atoms with Crippen LogP contribution in [0, 0.1) is 5.92 Å². The van der Waals surface area contributed by atoms with Crippen LogP contribution in [0.15, 0.2) is 0 Å². The van der Waals surface area contributed by atoms with E-state index in [0.29, 0.717) is 32.5 Å². The van der Waals surface area contributed by atoms with Crippen molar-refractivity contribution >= 4 is 17.8 Å². The Morgan fingerprint density at radius 1 is 0.587 bits per heavy atom. The SMILES string of the molecule is CCCCCCCCCCCOC(=O)CCCCCN(CCCCCCCC(=O)OC(CCCCCCCC)CCCCCCCC)CC(O)CCCCNC(=O)[C@H]1CCN(C)C1. The summed E-state index contributed by atoms with van der Waals surface area (Å²) < 4.78 is 11.6. The second-order valence-corrected chi connectivity index (χ2v) is 19.6. The Morgan fingerprint density at radius 2 is 1.05 bits per heavy atom. The normalized spacial score (nSPS) is 14.8. The first kappa shape index (κ1) is 59.3. The number of nitrogens with one attached hydrogen (secondary N) is 1. The van der Waals surface area contributed by atoms with E-state index >= 15 is 0 Å². The molecule has 372 valence electrons. The second kappa shape index (κ2) is 44.1. The minimum Gasteiger partial charge on any atom is -0.466 e. The molecule has 0 aliphatic carbocycles. The first-order valence-electron chi connectivity index (χ1n) is 27.5. The molecule has 0 aromatic rings. The van der Waals surface area contributed by atoms with Gasteiger partial charge in [-0.15, -0.1) is 0 Å². The average molecular weight is 892 g/mol. The molecule has 0 radical (unpaired) electrons. The molecule has 0 aromatic carbocycles. The Hall–Kier alpha value is -1.71. The van der Waals surface area contributed by atoms with E-state index in [4.69, 9.17) is 9.47 Å². The summed E-state index contributed by atoms with van der Waals surface area (Å²) in [6.07, 6.45) is 40.8. The lowest BCUT2D eigenvalue weighted by Gasteiger charge is -2.25. The third-order valence-corrected chi connectivity index (χ3v) is 13.3. The Kier molecular flexibility index (Phi) is 41.6. The summed E-state index contributed by atoms with van der Waals surface area (Å²) >= 11 is 0. The van der Waals surface area contributed by atoms with Crippen LogP contribution >= 0.6 is 0 Å². The number of esters is 2. The first-order valence-corrected chi connectivity index (χ1v) is 27.5. The molecule has 0 bridgehead atoms. The van der Waals surface area contributed by atoms with Crippen LogP contribution in [0.4, 0.5) is 0 Å². The van der Waals surface area contributed by atoms with E-state index in [0.717, 1.165) is 142 Å². The van der Waals surface area contributed by atoms with Crippen molar-refractivity contribution in [1.29, 1.82) is 0 Å². The highest BCUT2D eigenvalue weighted by molar-refractivity contribution is 5.79. The molecule has 9 nitrogen and oxygen atoms in total. The van der Waals surface area contributed by atoms with Gasteiger partial charge in [0, 0.05) is 32.5 Å². The van der Waals surface area contributed by atoms with Crippen LogP contribution in [-0.2, 0) is 23.9 Å². The number of nitrogens with zero attached hydrogens (tertiary/aromatic N) is 2. The van der Waals surface area contributed by atoms with E-state index in [9.17, 15) is 19.5 Å². The van der Waals surface area contributed by atoms with E-state index < -0.39 is 6.10 Å². The summed E-state index contributed by atoms with van der Waals surface area (Å²) in [5, 5.41) is 14.1. The fraction of sp³-hybridized carbons (Fsp3) is 0.944. The van der Waals surface area contributed by atoms with Gasteiger partial charge < -0.3 is 29.7 Å². The summed E-state index contributed by atoms with van der Waals surface area (Å²) in [6, 6.07) is 0. The minimum absolute atomic E-state index is 0.00628. The molecule has 1 aliphatic rings. The van der Waals surface area contributed by atoms with Crippen LogP contribution in [-0.4, -0.2) is 97.9 Å². The summed E-state index contributed by atoms with van der Waals surface area (Å²) in [6.45, 7) is 12.4. The van der Waals surface area contributed by atoms with Crippen molar-refractivity contribution in [3.63, 3.8) is 0 Å². The number of rotatable bonds is 47. The van der Waals surface area contributed by atoms with Crippen LogP contribution < -0.4 is 5.32 Å². The van der Waals surface area contributed by atoms with E-state index in [-0.39, 0.29) is 29.9 Å². The minimum atomic E-state index is -0.392. The van der Waals surface area contributed by atoms with E-state index in [1.165, 1.54) is 109 Å². The molecular weight excluding hydrogens is 787 g/mol. The van der Waals surface area contributed by atoms with Gasteiger partial charge in [0.1, 0.15) is 6.10 Å². The number of likely N-dealkylation sites (tertiary alicyclic amines) is 1. The molecule has 2 atom stereocenters. The van der Waals surface area contributed by atoms with Crippen molar-refractivity contribution < 1.29 is 29.0 Å². The van der Waals surface area contributed by atoms with Crippen LogP contribution in [0.5, 0.6) is 0 Å². The lowest BCUT2D eigenvalue weighted by atomic mass is 10.0. The van der Waals surface area contributed by atoms with Crippen molar-refractivity contribution in [2.24, 2.45) is 5.92 Å². The Balaban J connectivity index is 2.40. The monoisotopic (exact) mass is 892 g/mol. The van der Waals surface area contributed by atoms with Crippen LogP contribution in [0.1, 0.15) is 258 Å². The zero-order valence-corrected chi connectivity index (χ0v) is 42.2. The molecule has 1 aliphatic heterocycles. The zero-order valence-electron chi connectivity index (χ0n) is 42.2. The zero-order chi connectivity index (χ0) is 45.9. The average Bonchev–Trinajstić information content (AvgIpc) is 3.71. The van der Waals surface area contributed by atoms with Gasteiger partial charge in [0.25, 0.3) is 0 Å². The number of carbonyl (C=O) groups excluding carboxylic acids is 3. The molecule has 1 heterocycles. The standard InChI is InChI=1S/C54H105N3O6/c1-5-8-11-14-17-18-19-25-35-46-62-52(59)39-30-26-34-44-57(48-50(58)36-31-32-42-55-54(61)49-41-45-56(4)47-49)43-33-24-20-23-29-40-53(60)63-51(37-27-21-15-12-9-6-2)38-28-22-16-13-10-7-3/h49-51,58H,5-48H2,1-4H3,(H,55,61)/t49-,50?/m0/s1. The first-order chi connectivity index (χ1) is 30.8. The summed E-state index contributed by atoms with van der Waals surface area (Å²) in [7, 11) is 2.07.